The third-order valence-electron chi connectivity index (χ3n) is 6.61. The second-order valence-electron chi connectivity index (χ2n) is 8.85. The minimum atomic E-state index is -0.597. The maximum Gasteiger partial charge on any atom is 0.336 e. The molecule has 0 spiro atoms. The van der Waals surface area contributed by atoms with Gasteiger partial charge in [0.2, 0.25) is 0 Å². The fourth-order valence-corrected chi connectivity index (χ4v) is 7.06. The molecule has 0 aromatic heterocycles. The standard InChI is InChI=1S/C30H22I2N2O4/c1-3-37-30(36)24-16(2)34-27-20-10-6-7-11-21(20)28(35)26(27)25(24)19-12-22(31)29(23(32)13-19)38-15-18-9-5-4-8-17(18)14-33/h4-13,25,34H,3,15H2,1-2H3/t25-/m1/s1. The van der Waals surface area contributed by atoms with Crippen LogP contribution in [0.15, 0.2) is 77.5 Å². The van der Waals surface area contributed by atoms with Gasteiger partial charge in [-0.05, 0) is 82.8 Å². The molecule has 0 saturated carbocycles. The van der Waals surface area contributed by atoms with E-state index in [1.165, 1.54) is 0 Å². The third-order valence-corrected chi connectivity index (χ3v) is 8.21. The van der Waals surface area contributed by atoms with Crippen molar-refractivity contribution in [2.75, 3.05) is 6.61 Å². The minimum absolute atomic E-state index is 0.0964. The number of nitrogens with zero attached hydrogens (tertiary/aromatic N) is 1. The van der Waals surface area contributed by atoms with Crippen molar-refractivity contribution >= 4 is 62.6 Å². The van der Waals surface area contributed by atoms with E-state index in [4.69, 9.17) is 9.47 Å². The van der Waals surface area contributed by atoms with E-state index in [9.17, 15) is 14.9 Å². The van der Waals surface area contributed by atoms with Crippen molar-refractivity contribution in [1.29, 1.82) is 5.26 Å². The first-order chi connectivity index (χ1) is 18.3. The Kier molecular flexibility index (Phi) is 7.59. The van der Waals surface area contributed by atoms with Gasteiger partial charge in [0, 0.05) is 33.9 Å². The molecule has 0 fully saturated rings. The molecule has 1 heterocycles. The van der Waals surface area contributed by atoms with Crippen molar-refractivity contribution in [3.05, 3.63) is 112 Å². The summed E-state index contributed by atoms with van der Waals surface area (Å²) >= 11 is 4.43. The Balaban J connectivity index is 1.58. The molecular formula is C30H22I2N2O4. The molecule has 3 aromatic carbocycles. The largest absolute Gasteiger partial charge is 0.487 e. The summed E-state index contributed by atoms with van der Waals surface area (Å²) in [6, 6.07) is 20.9. The van der Waals surface area contributed by atoms with E-state index in [-0.39, 0.29) is 19.0 Å². The van der Waals surface area contributed by atoms with Crippen molar-refractivity contribution in [3.63, 3.8) is 0 Å². The van der Waals surface area contributed by atoms with Crippen LogP contribution in [0.5, 0.6) is 5.75 Å². The summed E-state index contributed by atoms with van der Waals surface area (Å²) in [5, 5.41) is 12.7. The van der Waals surface area contributed by atoms with Gasteiger partial charge >= 0.3 is 5.97 Å². The molecule has 190 valence electrons. The van der Waals surface area contributed by atoms with E-state index in [1.807, 2.05) is 61.5 Å². The number of ether oxygens (including phenoxy) is 2. The first-order valence-corrected chi connectivity index (χ1v) is 14.1. The number of nitrogens with one attached hydrogen (secondary N) is 1. The number of benzene rings is 3. The number of carbonyl (C=O) groups excluding carboxylic acids is 2. The summed E-state index contributed by atoms with van der Waals surface area (Å²) in [5.41, 5.74) is 6.00. The molecule has 6 nitrogen and oxygen atoms in total. The SMILES string of the molecule is CCOC(=O)C1=C(C)NC2=C(C(=O)c3ccccc32)[C@@H]1c1cc(I)c(OCc2ccccc2C#N)c(I)c1. The number of halogens is 2. The number of ketones is 1. The van der Waals surface area contributed by atoms with Crippen LogP contribution in [-0.2, 0) is 16.1 Å². The number of hydrogen-bond donors (Lipinski definition) is 1. The van der Waals surface area contributed by atoms with Gasteiger partial charge in [0.1, 0.15) is 12.4 Å². The summed E-state index contributed by atoms with van der Waals surface area (Å²) in [6.07, 6.45) is 0. The molecular weight excluding hydrogens is 706 g/mol. The summed E-state index contributed by atoms with van der Waals surface area (Å²) in [4.78, 5) is 26.9. The van der Waals surface area contributed by atoms with Gasteiger partial charge in [-0.1, -0.05) is 42.5 Å². The van der Waals surface area contributed by atoms with E-state index in [1.54, 1.807) is 13.0 Å². The van der Waals surface area contributed by atoms with E-state index in [0.29, 0.717) is 33.7 Å². The Morgan fingerprint density at radius 3 is 2.39 bits per heavy atom. The lowest BCUT2D eigenvalue weighted by Crippen LogP contribution is -2.29. The fourth-order valence-electron chi connectivity index (χ4n) is 4.93. The van der Waals surface area contributed by atoms with Crippen molar-refractivity contribution in [2.24, 2.45) is 0 Å². The number of carbonyl (C=O) groups is 2. The zero-order chi connectivity index (χ0) is 27.0. The summed E-state index contributed by atoms with van der Waals surface area (Å²) < 4.78 is 13.3. The van der Waals surface area contributed by atoms with Crippen LogP contribution in [0.1, 0.15) is 52.4 Å². The molecule has 8 heteroatoms. The second-order valence-corrected chi connectivity index (χ2v) is 11.2. The van der Waals surface area contributed by atoms with Gasteiger partial charge in [0.15, 0.2) is 5.78 Å². The molecule has 2 aliphatic rings. The van der Waals surface area contributed by atoms with Gasteiger partial charge in [0.25, 0.3) is 0 Å². The van der Waals surface area contributed by atoms with Gasteiger partial charge in [-0.15, -0.1) is 0 Å². The molecule has 1 N–H and O–H groups in total. The van der Waals surface area contributed by atoms with Crippen LogP contribution in [0.4, 0.5) is 0 Å². The number of hydrogen-bond acceptors (Lipinski definition) is 6. The molecule has 38 heavy (non-hydrogen) atoms. The molecule has 1 aliphatic heterocycles. The Morgan fingerprint density at radius 2 is 1.71 bits per heavy atom. The third kappa shape index (κ3) is 4.62. The zero-order valence-corrected chi connectivity index (χ0v) is 24.9. The van der Waals surface area contributed by atoms with Gasteiger partial charge < -0.3 is 14.8 Å². The Bertz CT molecular complexity index is 1580. The Labute approximate surface area is 248 Å². The number of rotatable bonds is 6. The number of fused-ring (bicyclic) bond motifs is 2. The first kappa shape index (κ1) is 26.4. The Morgan fingerprint density at radius 1 is 1.05 bits per heavy atom. The highest BCUT2D eigenvalue weighted by molar-refractivity contribution is 14.1. The minimum Gasteiger partial charge on any atom is -0.487 e. The lowest BCUT2D eigenvalue weighted by molar-refractivity contribution is -0.138. The van der Waals surface area contributed by atoms with Crippen LogP contribution in [0, 0.1) is 18.5 Å². The smallest absolute Gasteiger partial charge is 0.336 e. The average molecular weight is 728 g/mol. The van der Waals surface area contributed by atoms with Gasteiger partial charge in [0.05, 0.1) is 36.7 Å². The number of Topliss-reactive ketones (excluding diaryl/α,β-unsaturated/α-hetero) is 1. The van der Waals surface area contributed by atoms with E-state index in [2.05, 4.69) is 56.6 Å². The van der Waals surface area contributed by atoms with Crippen LogP contribution in [-0.4, -0.2) is 18.4 Å². The van der Waals surface area contributed by atoms with E-state index in [0.717, 1.165) is 29.5 Å². The van der Waals surface area contributed by atoms with E-state index < -0.39 is 11.9 Å². The molecule has 5 rings (SSSR count). The highest BCUT2D eigenvalue weighted by Crippen LogP contribution is 2.48. The maximum absolute atomic E-state index is 13.7. The van der Waals surface area contributed by atoms with Crippen molar-refractivity contribution in [3.8, 4) is 11.8 Å². The van der Waals surface area contributed by atoms with Crippen molar-refractivity contribution in [1.82, 2.24) is 5.32 Å². The van der Waals surface area contributed by atoms with Gasteiger partial charge in [-0.3, -0.25) is 4.79 Å². The highest BCUT2D eigenvalue weighted by atomic mass is 127. The van der Waals surface area contributed by atoms with Crippen LogP contribution >= 0.6 is 45.2 Å². The average Bonchev–Trinajstić information content (AvgIpc) is 3.19. The van der Waals surface area contributed by atoms with Crippen LogP contribution < -0.4 is 10.1 Å². The van der Waals surface area contributed by atoms with Crippen LogP contribution in [0.3, 0.4) is 0 Å². The normalized spacial score (nSPS) is 16.0. The lowest BCUT2D eigenvalue weighted by atomic mass is 9.80. The molecule has 3 aromatic rings. The monoisotopic (exact) mass is 728 g/mol. The van der Waals surface area contributed by atoms with Gasteiger partial charge in [-0.25, -0.2) is 4.79 Å². The molecule has 0 bridgehead atoms. The Hall–Kier alpha value is -3.17. The number of esters is 1. The first-order valence-electron chi connectivity index (χ1n) is 12.0. The number of nitriles is 1. The van der Waals surface area contributed by atoms with E-state index >= 15 is 0 Å². The molecule has 0 saturated heterocycles. The summed E-state index contributed by atoms with van der Waals surface area (Å²) in [7, 11) is 0. The quantitative estimate of drug-likeness (QED) is 0.231. The van der Waals surface area contributed by atoms with Crippen molar-refractivity contribution in [2.45, 2.75) is 26.4 Å². The summed E-state index contributed by atoms with van der Waals surface area (Å²) in [6.45, 7) is 4.09. The molecule has 1 aliphatic carbocycles. The predicted octanol–water partition coefficient (Wildman–Crippen LogP) is 6.48. The molecule has 1 atom stereocenters. The van der Waals surface area contributed by atoms with Crippen LogP contribution in [0.2, 0.25) is 0 Å². The topological polar surface area (TPSA) is 88.4 Å². The van der Waals surface area contributed by atoms with Crippen LogP contribution in [0.25, 0.3) is 5.70 Å². The highest BCUT2D eigenvalue weighted by Gasteiger charge is 2.43. The maximum atomic E-state index is 13.7. The number of dihydropyridines is 1. The van der Waals surface area contributed by atoms with Gasteiger partial charge in [-0.2, -0.15) is 5.26 Å². The molecule has 0 amide bonds. The fraction of sp³-hybridized carbons (Fsp3) is 0.167. The number of allylic oxidation sites excluding steroid dienone is 2. The lowest BCUT2D eigenvalue weighted by Gasteiger charge is -2.29. The molecule has 0 unspecified atom stereocenters. The predicted molar refractivity (Wildman–Crippen MR) is 160 cm³/mol. The van der Waals surface area contributed by atoms with Crippen molar-refractivity contribution < 1.29 is 19.1 Å². The molecule has 0 radical (unpaired) electrons. The second kappa shape index (κ2) is 10.9. The zero-order valence-electron chi connectivity index (χ0n) is 20.6. The summed E-state index contributed by atoms with van der Waals surface area (Å²) in [5.74, 6) is -0.456.